The third kappa shape index (κ3) is 5.52. The second-order valence-corrected chi connectivity index (χ2v) is 9.34. The molecule has 3 aromatic rings. The van der Waals surface area contributed by atoms with Crippen molar-refractivity contribution in [3.8, 4) is 0 Å². The maximum atomic E-state index is 14.8. The van der Waals surface area contributed by atoms with Gasteiger partial charge in [-0.05, 0) is 51.0 Å². The van der Waals surface area contributed by atoms with Gasteiger partial charge in [0.15, 0.2) is 0 Å². The fraction of sp³-hybridized carbons (Fsp3) is 0.440. The first-order chi connectivity index (χ1) is 17.0. The summed E-state index contributed by atoms with van der Waals surface area (Å²) in [6, 6.07) is 7.44. The molecule has 36 heavy (non-hydrogen) atoms. The molecule has 0 spiro atoms. The van der Waals surface area contributed by atoms with Gasteiger partial charge in [0, 0.05) is 42.0 Å². The van der Waals surface area contributed by atoms with Crippen LogP contribution in [0, 0.1) is 11.6 Å². The molecule has 6 nitrogen and oxygen atoms in total. The van der Waals surface area contributed by atoms with E-state index in [0.29, 0.717) is 25.1 Å². The van der Waals surface area contributed by atoms with Gasteiger partial charge in [-0.15, -0.1) is 0 Å². The Kier molecular flexibility index (Phi) is 7.33. The van der Waals surface area contributed by atoms with Crippen molar-refractivity contribution in [2.75, 3.05) is 11.4 Å². The highest BCUT2D eigenvalue weighted by atomic mass is 19.4. The zero-order valence-electron chi connectivity index (χ0n) is 19.9. The number of nitrogens with one attached hydrogen (secondary N) is 1. The van der Waals surface area contributed by atoms with Gasteiger partial charge in [-0.1, -0.05) is 12.1 Å². The molecule has 2 heterocycles. The van der Waals surface area contributed by atoms with Crippen LogP contribution >= 0.6 is 0 Å². The van der Waals surface area contributed by atoms with Crippen LogP contribution in [0.5, 0.6) is 0 Å². The van der Waals surface area contributed by atoms with Crippen molar-refractivity contribution in [1.29, 1.82) is 0 Å². The Morgan fingerprint density at radius 2 is 1.94 bits per heavy atom. The number of aromatic nitrogens is 3. The van der Waals surface area contributed by atoms with E-state index in [0.717, 1.165) is 24.3 Å². The second kappa shape index (κ2) is 10.1. The summed E-state index contributed by atoms with van der Waals surface area (Å²) < 4.78 is 69.2. The Labute approximate surface area is 205 Å². The van der Waals surface area contributed by atoms with Crippen LogP contribution in [0.15, 0.2) is 55.1 Å². The Bertz CT molecular complexity index is 1170. The lowest BCUT2D eigenvalue weighted by molar-refractivity contribution is -0.137. The van der Waals surface area contributed by atoms with Crippen molar-refractivity contribution in [2.45, 2.75) is 63.1 Å². The van der Waals surface area contributed by atoms with Crippen molar-refractivity contribution in [2.24, 2.45) is 0 Å². The third-order valence-electron chi connectivity index (χ3n) is 6.85. The number of anilines is 1. The molecule has 2 N–H and O–H groups in total. The van der Waals surface area contributed by atoms with Crippen LogP contribution in [-0.4, -0.2) is 44.5 Å². The lowest BCUT2D eigenvalue weighted by Gasteiger charge is -2.43. The molecule has 1 aliphatic heterocycles. The lowest BCUT2D eigenvalue weighted by atomic mass is 9.85. The van der Waals surface area contributed by atoms with E-state index in [4.69, 9.17) is 0 Å². The number of nitrogens with zero attached hydrogens (tertiary/aromatic N) is 4. The highest BCUT2D eigenvalue weighted by molar-refractivity contribution is 5.50. The molecule has 0 saturated carbocycles. The van der Waals surface area contributed by atoms with Crippen molar-refractivity contribution in [3.05, 3.63) is 77.9 Å². The predicted octanol–water partition coefficient (Wildman–Crippen LogP) is 4.50. The monoisotopic (exact) mass is 509 g/mol. The smallest absolute Gasteiger partial charge is 0.381 e. The first kappa shape index (κ1) is 26.0. The topological polar surface area (TPSA) is 66.2 Å². The van der Waals surface area contributed by atoms with E-state index in [9.17, 15) is 27.1 Å². The van der Waals surface area contributed by atoms with Crippen LogP contribution in [0.25, 0.3) is 0 Å². The quantitative estimate of drug-likeness (QED) is 0.460. The SMILES string of the molecule is CC1CC(N[C@H](C)[C@](O)(Cn2cncn2)c2ccc(F)cc2F)CCN1c1cccc(C(F)(F)F)c1. The number of halogens is 5. The first-order valence-electron chi connectivity index (χ1n) is 11.7. The Balaban J connectivity index is 1.51. The largest absolute Gasteiger partial charge is 0.416 e. The maximum absolute atomic E-state index is 14.8. The average Bonchev–Trinajstić information content (AvgIpc) is 3.31. The minimum atomic E-state index is -4.42. The number of hydrogen-bond donors (Lipinski definition) is 2. The summed E-state index contributed by atoms with van der Waals surface area (Å²) >= 11 is 0. The number of benzene rings is 2. The minimum absolute atomic E-state index is 0.0751. The fourth-order valence-corrected chi connectivity index (χ4v) is 4.92. The molecule has 4 atom stereocenters. The Morgan fingerprint density at radius 1 is 1.17 bits per heavy atom. The van der Waals surface area contributed by atoms with Gasteiger partial charge in [-0.3, -0.25) is 0 Å². The van der Waals surface area contributed by atoms with Gasteiger partial charge in [-0.2, -0.15) is 18.3 Å². The molecule has 2 unspecified atom stereocenters. The summed E-state index contributed by atoms with van der Waals surface area (Å²) in [5, 5.41) is 19.1. The molecule has 1 aromatic heterocycles. The highest BCUT2D eigenvalue weighted by Gasteiger charge is 2.41. The lowest BCUT2D eigenvalue weighted by Crippen LogP contribution is -2.56. The highest BCUT2D eigenvalue weighted by Crippen LogP contribution is 2.35. The summed E-state index contributed by atoms with van der Waals surface area (Å²) in [4.78, 5) is 5.80. The first-order valence-corrected chi connectivity index (χ1v) is 11.7. The van der Waals surface area contributed by atoms with E-state index in [2.05, 4.69) is 15.4 Å². The van der Waals surface area contributed by atoms with Crippen LogP contribution in [0.2, 0.25) is 0 Å². The van der Waals surface area contributed by atoms with E-state index in [1.165, 1.54) is 29.5 Å². The van der Waals surface area contributed by atoms with Gasteiger partial charge in [0.1, 0.15) is 29.9 Å². The van der Waals surface area contributed by atoms with Crippen molar-refractivity contribution in [1.82, 2.24) is 20.1 Å². The molecule has 0 aliphatic carbocycles. The number of hydrogen-bond acceptors (Lipinski definition) is 5. The van der Waals surface area contributed by atoms with E-state index in [1.807, 2.05) is 11.8 Å². The molecule has 0 radical (unpaired) electrons. The molecule has 11 heteroatoms. The summed E-state index contributed by atoms with van der Waals surface area (Å²) in [6.45, 7) is 4.02. The van der Waals surface area contributed by atoms with Gasteiger partial charge in [0.2, 0.25) is 0 Å². The van der Waals surface area contributed by atoms with Crippen LogP contribution < -0.4 is 10.2 Å². The van der Waals surface area contributed by atoms with Gasteiger partial charge in [0.05, 0.1) is 12.1 Å². The Hall–Kier alpha value is -3.05. The molecule has 1 saturated heterocycles. The van der Waals surface area contributed by atoms with Gasteiger partial charge in [0.25, 0.3) is 0 Å². The molecular weight excluding hydrogens is 481 g/mol. The zero-order valence-corrected chi connectivity index (χ0v) is 19.9. The summed E-state index contributed by atoms with van der Waals surface area (Å²) in [5.74, 6) is -1.63. The van der Waals surface area contributed by atoms with E-state index in [-0.39, 0.29) is 24.2 Å². The van der Waals surface area contributed by atoms with Crippen LogP contribution in [0.3, 0.4) is 0 Å². The normalized spacial score (nSPS) is 21.3. The molecular formula is C25H28F5N5O. The maximum Gasteiger partial charge on any atom is 0.416 e. The van der Waals surface area contributed by atoms with E-state index < -0.39 is 35.0 Å². The molecule has 0 amide bonds. The standard InChI is InChI=1S/C25H28F5N5O/c1-16-10-20(8-9-35(16)21-5-3-4-18(11-21)25(28,29)30)33-17(2)24(36,13-34-15-31-14-32-34)22-7-6-19(26)12-23(22)27/h3-7,11-12,14-17,20,33,36H,8-10,13H2,1-2H3/t16?,17-,20?,24-/m1/s1. The number of rotatable bonds is 7. The average molecular weight is 510 g/mol. The molecule has 1 fully saturated rings. The molecule has 0 bridgehead atoms. The van der Waals surface area contributed by atoms with Crippen molar-refractivity contribution < 1.29 is 27.1 Å². The number of piperidine rings is 1. The van der Waals surface area contributed by atoms with Crippen molar-refractivity contribution >= 4 is 5.69 Å². The van der Waals surface area contributed by atoms with Crippen LogP contribution in [0.4, 0.5) is 27.6 Å². The predicted molar refractivity (Wildman–Crippen MR) is 124 cm³/mol. The van der Waals surface area contributed by atoms with Gasteiger partial charge < -0.3 is 15.3 Å². The summed E-state index contributed by atoms with van der Waals surface area (Å²) in [7, 11) is 0. The van der Waals surface area contributed by atoms with Crippen LogP contribution in [-0.2, 0) is 18.3 Å². The third-order valence-corrected chi connectivity index (χ3v) is 6.85. The van der Waals surface area contributed by atoms with Crippen LogP contribution in [0.1, 0.15) is 37.8 Å². The molecule has 194 valence electrons. The molecule has 1 aliphatic rings. The number of alkyl halides is 3. The van der Waals surface area contributed by atoms with E-state index in [1.54, 1.807) is 13.0 Å². The second-order valence-electron chi connectivity index (χ2n) is 9.34. The summed E-state index contributed by atoms with van der Waals surface area (Å²) in [5.41, 5.74) is -2.05. The van der Waals surface area contributed by atoms with E-state index >= 15 is 0 Å². The van der Waals surface area contributed by atoms with Crippen molar-refractivity contribution in [3.63, 3.8) is 0 Å². The molecule has 2 aromatic carbocycles. The van der Waals surface area contributed by atoms with Gasteiger partial charge >= 0.3 is 6.18 Å². The van der Waals surface area contributed by atoms with Gasteiger partial charge in [-0.25, -0.2) is 18.4 Å². The minimum Gasteiger partial charge on any atom is -0.381 e. The summed E-state index contributed by atoms with van der Waals surface area (Å²) in [6.07, 6.45) is -0.541. The fourth-order valence-electron chi connectivity index (χ4n) is 4.92. The Morgan fingerprint density at radius 3 is 2.58 bits per heavy atom. The zero-order chi connectivity index (χ0) is 26.1. The molecule has 4 rings (SSSR count). The number of aliphatic hydroxyl groups is 1.